The molecule has 5 rings (SSSR count). The summed E-state index contributed by atoms with van der Waals surface area (Å²) in [6.45, 7) is 0. The zero-order valence-corrected chi connectivity index (χ0v) is 16.7. The van der Waals surface area contributed by atoms with Crippen LogP contribution in [0.5, 0.6) is 5.75 Å². The van der Waals surface area contributed by atoms with E-state index >= 15 is 0 Å². The van der Waals surface area contributed by atoms with Crippen LogP contribution in [0.25, 0.3) is 0 Å². The quantitative estimate of drug-likeness (QED) is 0.801. The Morgan fingerprint density at radius 1 is 1.15 bits per heavy atom. The number of methoxy groups -OCH3 is 1. The fourth-order valence-corrected chi connectivity index (χ4v) is 6.25. The molecule has 0 radical (unpaired) electrons. The molecule has 2 aromatic carbocycles. The van der Waals surface area contributed by atoms with Crippen LogP contribution in [0.3, 0.4) is 0 Å². The molecule has 140 valence electrons. The van der Waals surface area contributed by atoms with Gasteiger partial charge in [0.2, 0.25) is 0 Å². The fraction of sp³-hybridized carbons (Fsp3) is 0.409. The van der Waals surface area contributed by atoms with Crippen LogP contribution in [-0.4, -0.2) is 13.1 Å². The van der Waals surface area contributed by atoms with E-state index in [1.54, 1.807) is 13.2 Å². The van der Waals surface area contributed by atoms with Gasteiger partial charge < -0.3 is 20.0 Å². The third-order valence-electron chi connectivity index (χ3n) is 6.85. The molecule has 4 nitrogen and oxygen atoms in total. The number of fused-ring (bicyclic) bond motifs is 7. The van der Waals surface area contributed by atoms with Crippen molar-refractivity contribution in [2.45, 2.75) is 31.2 Å². The van der Waals surface area contributed by atoms with Gasteiger partial charge in [0.25, 0.3) is 0 Å². The van der Waals surface area contributed by atoms with Gasteiger partial charge in [-0.1, -0.05) is 22.0 Å². The van der Waals surface area contributed by atoms with E-state index in [-0.39, 0.29) is 11.6 Å². The summed E-state index contributed by atoms with van der Waals surface area (Å²) in [6, 6.07) is 11.7. The number of ether oxygens (including phenoxy) is 1. The van der Waals surface area contributed by atoms with E-state index in [1.807, 2.05) is 24.3 Å². The average molecular weight is 427 g/mol. The molecule has 27 heavy (non-hydrogen) atoms. The molecule has 2 aromatic rings. The number of aromatic carboxylic acids is 1. The number of hydrogen-bond acceptors (Lipinski definition) is 4. The molecule has 0 aromatic heterocycles. The minimum absolute atomic E-state index is 0.166. The first-order valence-electron chi connectivity index (χ1n) is 9.52. The fourth-order valence-electron chi connectivity index (χ4n) is 5.87. The van der Waals surface area contributed by atoms with Crippen molar-refractivity contribution < 1.29 is 14.6 Å². The number of hydrogen-bond donors (Lipinski definition) is 1. The van der Waals surface area contributed by atoms with Crippen LogP contribution in [0, 0.1) is 17.8 Å². The minimum atomic E-state index is -1.10. The number of halogens is 1. The van der Waals surface area contributed by atoms with Crippen LogP contribution in [0.2, 0.25) is 0 Å². The molecule has 2 saturated carbocycles. The maximum atomic E-state index is 11.4. The lowest BCUT2D eigenvalue weighted by Crippen LogP contribution is -2.36. The number of anilines is 1. The molecule has 2 bridgehead atoms. The molecule has 2 fully saturated rings. The number of carbonyl (C=O) groups is 1. The van der Waals surface area contributed by atoms with E-state index in [0.29, 0.717) is 23.7 Å². The third kappa shape index (κ3) is 2.59. The standard InChI is InChI=1S/C22H22BrNO3/c1-27-18-7-5-14(23)10-16(18)21-20-12-3-2-11(8-12)19(20)15-9-13(22(25)26)4-6-17(15)24-21/h4-7,9-12,19-21,24H,2-3,8H2,1H3,(H,25,26)/p-1/t11-,12+,19+,20-,21-/m0/s1. The minimum Gasteiger partial charge on any atom is -0.545 e. The normalized spacial score (nSPS) is 30.4. The van der Waals surface area contributed by atoms with Crippen molar-refractivity contribution in [2.75, 3.05) is 12.4 Å². The van der Waals surface area contributed by atoms with Gasteiger partial charge in [-0.05, 0) is 84.4 Å². The molecule has 0 saturated heterocycles. The Morgan fingerprint density at radius 2 is 1.96 bits per heavy atom. The van der Waals surface area contributed by atoms with E-state index in [1.165, 1.54) is 24.8 Å². The van der Waals surface area contributed by atoms with Crippen LogP contribution in [-0.2, 0) is 0 Å². The van der Waals surface area contributed by atoms with Crippen molar-refractivity contribution in [3.05, 3.63) is 57.6 Å². The van der Waals surface area contributed by atoms with Gasteiger partial charge in [0.1, 0.15) is 5.75 Å². The van der Waals surface area contributed by atoms with Crippen LogP contribution in [0.1, 0.15) is 52.7 Å². The Bertz CT molecular complexity index is 928. The van der Waals surface area contributed by atoms with Gasteiger partial charge in [0, 0.05) is 15.7 Å². The maximum Gasteiger partial charge on any atom is 0.124 e. The molecule has 1 N–H and O–H groups in total. The van der Waals surface area contributed by atoms with Crippen molar-refractivity contribution in [3.63, 3.8) is 0 Å². The zero-order chi connectivity index (χ0) is 18.7. The summed E-state index contributed by atoms with van der Waals surface area (Å²) in [7, 11) is 1.72. The van der Waals surface area contributed by atoms with E-state index in [0.717, 1.165) is 21.5 Å². The summed E-state index contributed by atoms with van der Waals surface area (Å²) >= 11 is 3.61. The average Bonchev–Trinajstić information content (AvgIpc) is 3.29. The second-order valence-corrected chi connectivity index (χ2v) is 8.95. The molecular weight excluding hydrogens is 406 g/mol. The molecule has 5 heteroatoms. The highest BCUT2D eigenvalue weighted by Gasteiger charge is 2.54. The Hall–Kier alpha value is -2.01. The Balaban J connectivity index is 1.65. The van der Waals surface area contributed by atoms with Crippen LogP contribution < -0.4 is 15.2 Å². The topological polar surface area (TPSA) is 61.4 Å². The lowest BCUT2D eigenvalue weighted by Gasteiger charge is -2.44. The monoisotopic (exact) mass is 426 g/mol. The van der Waals surface area contributed by atoms with Crippen molar-refractivity contribution in [2.24, 2.45) is 17.8 Å². The molecular formula is C22H21BrNO3-. The summed E-state index contributed by atoms with van der Waals surface area (Å²) in [5.74, 6) is 1.95. The van der Waals surface area contributed by atoms with Crippen LogP contribution in [0.4, 0.5) is 5.69 Å². The van der Waals surface area contributed by atoms with Gasteiger partial charge in [-0.15, -0.1) is 0 Å². The largest absolute Gasteiger partial charge is 0.545 e. The first kappa shape index (κ1) is 17.1. The lowest BCUT2D eigenvalue weighted by molar-refractivity contribution is -0.255. The molecule has 1 heterocycles. The second kappa shape index (κ2) is 6.26. The van der Waals surface area contributed by atoms with Crippen LogP contribution >= 0.6 is 15.9 Å². The Kier molecular flexibility index (Phi) is 3.97. The first-order valence-corrected chi connectivity index (χ1v) is 10.3. The van der Waals surface area contributed by atoms with Gasteiger partial charge in [0.05, 0.1) is 19.1 Å². The summed E-state index contributed by atoms with van der Waals surface area (Å²) in [5, 5.41) is 15.1. The second-order valence-electron chi connectivity index (χ2n) is 8.03. The summed E-state index contributed by atoms with van der Waals surface area (Å²) < 4.78 is 6.71. The van der Waals surface area contributed by atoms with E-state index in [2.05, 4.69) is 27.3 Å². The van der Waals surface area contributed by atoms with E-state index in [4.69, 9.17) is 4.74 Å². The maximum absolute atomic E-state index is 11.4. The Labute approximate surface area is 167 Å². The number of carboxylic acids is 1. The summed E-state index contributed by atoms with van der Waals surface area (Å²) in [6.07, 6.45) is 3.73. The number of benzene rings is 2. The lowest BCUT2D eigenvalue weighted by atomic mass is 9.67. The summed E-state index contributed by atoms with van der Waals surface area (Å²) in [5.41, 5.74) is 3.64. The van der Waals surface area contributed by atoms with Crippen molar-refractivity contribution in [1.29, 1.82) is 0 Å². The van der Waals surface area contributed by atoms with Crippen molar-refractivity contribution in [3.8, 4) is 5.75 Å². The first-order chi connectivity index (χ1) is 13.1. The molecule has 5 atom stereocenters. The molecule has 1 aliphatic heterocycles. The highest BCUT2D eigenvalue weighted by molar-refractivity contribution is 9.10. The van der Waals surface area contributed by atoms with E-state index in [9.17, 15) is 9.90 Å². The van der Waals surface area contributed by atoms with Gasteiger partial charge in [0.15, 0.2) is 0 Å². The number of carboxylic acid groups (broad SMARTS) is 1. The van der Waals surface area contributed by atoms with Crippen LogP contribution in [0.15, 0.2) is 40.9 Å². The van der Waals surface area contributed by atoms with Gasteiger partial charge >= 0.3 is 0 Å². The number of rotatable bonds is 3. The number of nitrogens with one attached hydrogen (secondary N) is 1. The predicted molar refractivity (Wildman–Crippen MR) is 105 cm³/mol. The zero-order valence-electron chi connectivity index (χ0n) is 15.1. The molecule has 0 unspecified atom stereocenters. The van der Waals surface area contributed by atoms with Gasteiger partial charge in [-0.3, -0.25) is 0 Å². The van der Waals surface area contributed by atoms with E-state index < -0.39 is 5.97 Å². The number of carbonyl (C=O) groups excluding carboxylic acids is 1. The molecule has 3 aliphatic rings. The predicted octanol–water partition coefficient (Wildman–Crippen LogP) is 4.12. The SMILES string of the molecule is COc1ccc(Br)cc1[C@@H]1Nc2ccc(C(=O)[O-])cc2[C@H]2[C@H]3CC[C@H](C3)[C@@H]21. The third-order valence-corrected chi connectivity index (χ3v) is 7.34. The highest BCUT2D eigenvalue weighted by Crippen LogP contribution is 2.64. The summed E-state index contributed by atoms with van der Waals surface area (Å²) in [4.78, 5) is 11.4. The highest BCUT2D eigenvalue weighted by atomic mass is 79.9. The van der Waals surface area contributed by atoms with Gasteiger partial charge in [-0.2, -0.15) is 0 Å². The Morgan fingerprint density at radius 3 is 2.74 bits per heavy atom. The van der Waals surface area contributed by atoms with Crippen molar-refractivity contribution >= 4 is 27.6 Å². The van der Waals surface area contributed by atoms with Crippen molar-refractivity contribution in [1.82, 2.24) is 0 Å². The molecule has 2 aliphatic carbocycles. The van der Waals surface area contributed by atoms with Gasteiger partial charge in [-0.25, -0.2) is 0 Å². The molecule has 0 spiro atoms. The molecule has 0 amide bonds. The smallest absolute Gasteiger partial charge is 0.124 e.